The van der Waals surface area contributed by atoms with Gasteiger partial charge in [-0.05, 0) is 30.9 Å². The third-order valence-electron chi connectivity index (χ3n) is 4.40. The quantitative estimate of drug-likeness (QED) is 0.592. The number of ketones is 1. The van der Waals surface area contributed by atoms with Crippen LogP contribution in [0.5, 0.6) is 0 Å². The second-order valence-electron chi connectivity index (χ2n) is 5.61. The summed E-state index contributed by atoms with van der Waals surface area (Å²) in [7, 11) is 0. The Morgan fingerprint density at radius 3 is 2.33 bits per heavy atom. The lowest BCUT2D eigenvalue weighted by atomic mass is 9.74. The standard InChI is InChI=1S/C15H14Cl3NO2/c16-9-6-7-10(17)12-11(9)13(20)15(18,14(21)19-12)8-4-2-1-3-5-8/h6-8H,1-5H2,(H,19,21). The third kappa shape index (κ3) is 2.26. The minimum absolute atomic E-state index is 0.163. The number of Topliss-reactive ketones (excluding diaryl/α,β-unsaturated/α-hetero) is 1. The topological polar surface area (TPSA) is 46.2 Å². The number of carbonyl (C=O) groups excluding carboxylic acids is 2. The number of anilines is 1. The van der Waals surface area contributed by atoms with Crippen molar-refractivity contribution < 1.29 is 9.59 Å². The van der Waals surface area contributed by atoms with E-state index in [2.05, 4.69) is 5.32 Å². The van der Waals surface area contributed by atoms with Crippen LogP contribution in [0.1, 0.15) is 42.5 Å². The maximum Gasteiger partial charge on any atom is 0.253 e. The molecule has 1 N–H and O–H groups in total. The zero-order valence-electron chi connectivity index (χ0n) is 11.2. The number of rotatable bonds is 1. The summed E-state index contributed by atoms with van der Waals surface area (Å²) in [6.45, 7) is 0. The van der Waals surface area contributed by atoms with Gasteiger partial charge in [-0.15, -0.1) is 0 Å². The molecule has 1 aromatic rings. The molecule has 1 amide bonds. The molecule has 21 heavy (non-hydrogen) atoms. The Hall–Kier alpha value is -0.770. The predicted octanol–water partition coefficient (Wildman–Crippen LogP) is 4.69. The summed E-state index contributed by atoms with van der Waals surface area (Å²) < 4.78 is 0. The number of amides is 1. The lowest BCUT2D eigenvalue weighted by molar-refractivity contribution is -0.119. The molecule has 0 radical (unpaired) electrons. The molecule has 1 saturated carbocycles. The average molecular weight is 347 g/mol. The van der Waals surface area contributed by atoms with Gasteiger partial charge in [-0.1, -0.05) is 54.1 Å². The summed E-state index contributed by atoms with van der Waals surface area (Å²) in [6.07, 6.45) is 4.63. The molecule has 1 heterocycles. The van der Waals surface area contributed by atoms with E-state index in [9.17, 15) is 9.59 Å². The lowest BCUT2D eigenvalue weighted by Crippen LogP contribution is -2.54. The number of nitrogens with one attached hydrogen (secondary N) is 1. The normalized spacial score (nSPS) is 26.4. The van der Waals surface area contributed by atoms with Gasteiger partial charge in [0.05, 0.1) is 21.3 Å². The van der Waals surface area contributed by atoms with E-state index in [1.54, 1.807) is 12.1 Å². The van der Waals surface area contributed by atoms with Crippen LogP contribution >= 0.6 is 34.8 Å². The van der Waals surface area contributed by atoms with Crippen molar-refractivity contribution in [3.05, 3.63) is 27.7 Å². The molecule has 112 valence electrons. The van der Waals surface area contributed by atoms with E-state index in [1.807, 2.05) is 0 Å². The molecule has 0 aromatic heterocycles. The fourth-order valence-electron chi connectivity index (χ4n) is 3.26. The molecule has 1 unspecified atom stereocenters. The van der Waals surface area contributed by atoms with E-state index in [0.29, 0.717) is 5.02 Å². The molecule has 1 aromatic carbocycles. The highest BCUT2D eigenvalue weighted by Gasteiger charge is 2.54. The molecule has 1 atom stereocenters. The summed E-state index contributed by atoms with van der Waals surface area (Å²) in [5.74, 6) is -1.08. The second kappa shape index (κ2) is 5.45. The molecule has 3 rings (SSSR count). The summed E-state index contributed by atoms with van der Waals surface area (Å²) in [6, 6.07) is 3.11. The fourth-order valence-corrected chi connectivity index (χ4v) is 4.06. The first-order valence-electron chi connectivity index (χ1n) is 6.99. The van der Waals surface area contributed by atoms with Crippen LogP contribution in [0, 0.1) is 5.92 Å². The first-order valence-corrected chi connectivity index (χ1v) is 8.12. The Labute approximate surface area is 137 Å². The van der Waals surface area contributed by atoms with Gasteiger partial charge in [0.25, 0.3) is 5.91 Å². The molecule has 1 fully saturated rings. The highest BCUT2D eigenvalue weighted by atomic mass is 35.5. The number of alkyl halides is 1. The van der Waals surface area contributed by atoms with E-state index >= 15 is 0 Å². The van der Waals surface area contributed by atoms with Crippen LogP contribution in [0.4, 0.5) is 5.69 Å². The van der Waals surface area contributed by atoms with E-state index in [4.69, 9.17) is 34.8 Å². The van der Waals surface area contributed by atoms with Crippen molar-refractivity contribution in [3.63, 3.8) is 0 Å². The Morgan fingerprint density at radius 2 is 1.67 bits per heavy atom. The fraction of sp³-hybridized carbons (Fsp3) is 0.467. The van der Waals surface area contributed by atoms with Gasteiger partial charge in [0.1, 0.15) is 0 Å². The molecule has 6 heteroatoms. The zero-order chi connectivity index (χ0) is 15.2. The molecule has 1 aliphatic carbocycles. The second-order valence-corrected chi connectivity index (χ2v) is 7.02. The van der Waals surface area contributed by atoms with Crippen LogP contribution < -0.4 is 5.32 Å². The molecule has 3 nitrogen and oxygen atoms in total. The molecular formula is C15H14Cl3NO2. The number of halogens is 3. The molecule has 0 saturated heterocycles. The highest BCUT2D eigenvalue weighted by Crippen LogP contribution is 2.46. The van der Waals surface area contributed by atoms with E-state index in [0.717, 1.165) is 32.1 Å². The molecule has 1 aliphatic heterocycles. The van der Waals surface area contributed by atoms with Gasteiger partial charge >= 0.3 is 0 Å². The molecule has 0 bridgehead atoms. The molecule has 2 aliphatic rings. The summed E-state index contributed by atoms with van der Waals surface area (Å²) in [5.41, 5.74) is 0.496. The summed E-state index contributed by atoms with van der Waals surface area (Å²) >= 11 is 18.7. The maximum absolute atomic E-state index is 12.9. The van der Waals surface area contributed by atoms with Gasteiger partial charge in [-0.25, -0.2) is 0 Å². The summed E-state index contributed by atoms with van der Waals surface area (Å²) in [4.78, 5) is 23.8. The monoisotopic (exact) mass is 345 g/mol. The largest absolute Gasteiger partial charge is 0.322 e. The van der Waals surface area contributed by atoms with E-state index in [-0.39, 0.29) is 22.2 Å². The number of hydrogen-bond donors (Lipinski definition) is 1. The van der Waals surface area contributed by atoms with Crippen molar-refractivity contribution in [2.75, 3.05) is 5.32 Å². The van der Waals surface area contributed by atoms with Crippen molar-refractivity contribution in [3.8, 4) is 0 Å². The van der Waals surface area contributed by atoms with Crippen LogP contribution in [0.15, 0.2) is 12.1 Å². The van der Waals surface area contributed by atoms with Crippen LogP contribution in [-0.2, 0) is 4.79 Å². The number of hydrogen-bond acceptors (Lipinski definition) is 2. The van der Waals surface area contributed by atoms with Gasteiger partial charge in [-0.3, -0.25) is 9.59 Å². The van der Waals surface area contributed by atoms with Crippen LogP contribution in [0.25, 0.3) is 0 Å². The number of carbonyl (C=O) groups is 2. The lowest BCUT2D eigenvalue weighted by Gasteiger charge is -2.38. The molecular weight excluding hydrogens is 333 g/mol. The van der Waals surface area contributed by atoms with E-state index in [1.165, 1.54) is 0 Å². The van der Waals surface area contributed by atoms with E-state index < -0.39 is 16.6 Å². The maximum atomic E-state index is 12.9. The van der Waals surface area contributed by atoms with Gasteiger partial charge in [0.15, 0.2) is 10.7 Å². The van der Waals surface area contributed by atoms with Gasteiger partial charge in [-0.2, -0.15) is 0 Å². The first kappa shape index (κ1) is 15.1. The van der Waals surface area contributed by atoms with Crippen LogP contribution in [0.3, 0.4) is 0 Å². The zero-order valence-corrected chi connectivity index (χ0v) is 13.5. The van der Waals surface area contributed by atoms with Crippen molar-refractivity contribution in [1.82, 2.24) is 0 Å². The van der Waals surface area contributed by atoms with Crippen molar-refractivity contribution in [2.24, 2.45) is 5.92 Å². The Bertz CT molecular complexity index is 626. The SMILES string of the molecule is O=C1Nc2c(Cl)ccc(Cl)c2C(=O)C1(Cl)C1CCCCC1. The number of benzene rings is 1. The van der Waals surface area contributed by atoms with Crippen LogP contribution in [-0.4, -0.2) is 16.6 Å². The minimum Gasteiger partial charge on any atom is -0.322 e. The molecule has 0 spiro atoms. The van der Waals surface area contributed by atoms with Crippen molar-refractivity contribution >= 4 is 52.2 Å². The average Bonchev–Trinajstić information content (AvgIpc) is 2.49. The van der Waals surface area contributed by atoms with Gasteiger partial charge in [0.2, 0.25) is 0 Å². The van der Waals surface area contributed by atoms with Crippen molar-refractivity contribution in [2.45, 2.75) is 37.0 Å². The Kier molecular flexibility index (Phi) is 3.93. The van der Waals surface area contributed by atoms with Gasteiger partial charge < -0.3 is 5.32 Å². The Morgan fingerprint density at radius 1 is 1.05 bits per heavy atom. The van der Waals surface area contributed by atoms with Crippen LogP contribution in [0.2, 0.25) is 10.0 Å². The summed E-state index contributed by atoms with van der Waals surface area (Å²) in [5, 5.41) is 3.23. The predicted molar refractivity (Wildman–Crippen MR) is 84.6 cm³/mol. The third-order valence-corrected chi connectivity index (χ3v) is 5.68. The first-order chi connectivity index (χ1) is 9.96. The Balaban J connectivity index is 2.10. The van der Waals surface area contributed by atoms with Crippen molar-refractivity contribution in [1.29, 1.82) is 0 Å². The smallest absolute Gasteiger partial charge is 0.253 e. The number of fused-ring (bicyclic) bond motifs is 1. The highest BCUT2D eigenvalue weighted by molar-refractivity contribution is 6.54. The minimum atomic E-state index is -1.57. The van der Waals surface area contributed by atoms with Gasteiger partial charge in [0, 0.05) is 0 Å².